The fourth-order valence-electron chi connectivity index (χ4n) is 5.15. The van der Waals surface area contributed by atoms with Crippen molar-refractivity contribution in [2.24, 2.45) is 35.5 Å². The van der Waals surface area contributed by atoms with Crippen LogP contribution in [0.5, 0.6) is 0 Å². The molecule has 0 amide bonds. The summed E-state index contributed by atoms with van der Waals surface area (Å²) in [6, 6.07) is 0. The fraction of sp³-hybridized carbons (Fsp3) is 1.00. The third-order valence-electron chi connectivity index (χ3n) is 5.45. The zero-order chi connectivity index (χ0) is 9.00. The fourth-order valence-corrected chi connectivity index (χ4v) is 5.15. The second kappa shape index (κ2) is 2.74. The lowest BCUT2D eigenvalue weighted by Crippen LogP contribution is -2.23. The van der Waals surface area contributed by atoms with Crippen LogP contribution in [0.1, 0.15) is 46.0 Å². The Morgan fingerprint density at radius 2 is 1.69 bits per heavy atom. The molecule has 3 rings (SSSR count). The highest BCUT2D eigenvalue weighted by Gasteiger charge is 2.55. The summed E-state index contributed by atoms with van der Waals surface area (Å²) in [5.74, 6) is 6.80. The van der Waals surface area contributed by atoms with Gasteiger partial charge in [0.2, 0.25) is 0 Å². The maximum absolute atomic E-state index is 2.52. The molecule has 0 N–H and O–H groups in total. The van der Waals surface area contributed by atoms with Gasteiger partial charge in [0.05, 0.1) is 0 Å². The zero-order valence-corrected chi connectivity index (χ0v) is 9.00. The summed E-state index contributed by atoms with van der Waals surface area (Å²) < 4.78 is 0. The molecule has 6 unspecified atom stereocenters. The summed E-state index contributed by atoms with van der Waals surface area (Å²) >= 11 is 0. The lowest BCUT2D eigenvalue weighted by atomic mass is 9.76. The van der Waals surface area contributed by atoms with Crippen molar-refractivity contribution in [1.82, 2.24) is 0 Å². The predicted octanol–water partition coefficient (Wildman–Crippen LogP) is 3.71. The van der Waals surface area contributed by atoms with E-state index in [9.17, 15) is 0 Å². The van der Waals surface area contributed by atoms with Crippen molar-refractivity contribution >= 4 is 0 Å². The van der Waals surface area contributed by atoms with Crippen LogP contribution in [-0.4, -0.2) is 0 Å². The molecule has 6 atom stereocenters. The van der Waals surface area contributed by atoms with Gasteiger partial charge in [-0.3, -0.25) is 0 Å². The molecule has 0 aromatic heterocycles. The van der Waals surface area contributed by atoms with Gasteiger partial charge in [-0.05, 0) is 61.2 Å². The van der Waals surface area contributed by atoms with Gasteiger partial charge >= 0.3 is 0 Å². The molecule has 0 saturated heterocycles. The SMILES string of the molecule is CCC1CC(C)C2C3CCC(C3)C12. The van der Waals surface area contributed by atoms with Crippen molar-refractivity contribution in [3.05, 3.63) is 0 Å². The minimum absolute atomic E-state index is 1.06. The van der Waals surface area contributed by atoms with E-state index in [-0.39, 0.29) is 0 Å². The molecule has 0 aromatic carbocycles. The average Bonchev–Trinajstić information content (AvgIpc) is 2.76. The molecule has 3 fully saturated rings. The van der Waals surface area contributed by atoms with Crippen LogP contribution in [0.4, 0.5) is 0 Å². The molecule has 0 spiro atoms. The summed E-state index contributed by atoms with van der Waals surface area (Å²) in [6.07, 6.45) is 7.77. The first-order valence-electron chi connectivity index (χ1n) is 6.31. The van der Waals surface area contributed by atoms with Crippen molar-refractivity contribution in [2.45, 2.75) is 46.0 Å². The van der Waals surface area contributed by atoms with Crippen molar-refractivity contribution < 1.29 is 0 Å². The molecule has 0 aliphatic heterocycles. The average molecular weight is 178 g/mol. The lowest BCUT2D eigenvalue weighted by molar-refractivity contribution is 0.190. The topological polar surface area (TPSA) is 0 Å². The van der Waals surface area contributed by atoms with Gasteiger partial charge in [-0.25, -0.2) is 0 Å². The first kappa shape index (κ1) is 8.32. The molecular weight excluding hydrogens is 156 g/mol. The number of rotatable bonds is 1. The maximum Gasteiger partial charge on any atom is -0.0324 e. The van der Waals surface area contributed by atoms with E-state index in [0.717, 1.165) is 29.6 Å². The van der Waals surface area contributed by atoms with Crippen LogP contribution in [0.25, 0.3) is 0 Å². The van der Waals surface area contributed by atoms with Crippen LogP contribution in [0, 0.1) is 35.5 Å². The third-order valence-corrected chi connectivity index (χ3v) is 5.45. The van der Waals surface area contributed by atoms with Crippen LogP contribution in [-0.2, 0) is 0 Å². The molecule has 3 aliphatic rings. The molecule has 0 heteroatoms. The van der Waals surface area contributed by atoms with Crippen LogP contribution in [0.3, 0.4) is 0 Å². The summed E-state index contributed by atoms with van der Waals surface area (Å²) in [6.45, 7) is 4.93. The molecule has 2 bridgehead atoms. The van der Waals surface area contributed by atoms with Gasteiger partial charge in [-0.15, -0.1) is 0 Å². The van der Waals surface area contributed by atoms with Crippen LogP contribution in [0.15, 0.2) is 0 Å². The highest BCUT2D eigenvalue weighted by Crippen LogP contribution is 2.63. The molecule has 3 aliphatic carbocycles. The van der Waals surface area contributed by atoms with E-state index in [1.54, 1.807) is 25.7 Å². The molecule has 0 aromatic rings. The summed E-state index contributed by atoms with van der Waals surface area (Å²) in [5, 5.41) is 0. The van der Waals surface area contributed by atoms with Gasteiger partial charge in [0.15, 0.2) is 0 Å². The smallest absolute Gasteiger partial charge is 0.0324 e. The Balaban J connectivity index is 1.88. The van der Waals surface area contributed by atoms with Crippen molar-refractivity contribution in [1.29, 1.82) is 0 Å². The lowest BCUT2D eigenvalue weighted by Gasteiger charge is -2.29. The van der Waals surface area contributed by atoms with Crippen LogP contribution in [0.2, 0.25) is 0 Å². The zero-order valence-electron chi connectivity index (χ0n) is 9.00. The van der Waals surface area contributed by atoms with Crippen molar-refractivity contribution in [2.75, 3.05) is 0 Å². The van der Waals surface area contributed by atoms with E-state index in [2.05, 4.69) is 13.8 Å². The minimum Gasteiger partial charge on any atom is -0.0651 e. The van der Waals surface area contributed by atoms with Gasteiger partial charge in [-0.2, -0.15) is 0 Å². The highest BCUT2D eigenvalue weighted by molar-refractivity contribution is 5.04. The number of hydrogen-bond acceptors (Lipinski definition) is 0. The van der Waals surface area contributed by atoms with Crippen LogP contribution >= 0.6 is 0 Å². The molecule has 74 valence electrons. The van der Waals surface area contributed by atoms with Gasteiger partial charge in [0.1, 0.15) is 0 Å². The Bertz CT molecular complexity index is 208. The van der Waals surface area contributed by atoms with Gasteiger partial charge in [-0.1, -0.05) is 20.3 Å². The van der Waals surface area contributed by atoms with E-state index in [4.69, 9.17) is 0 Å². The monoisotopic (exact) mass is 178 g/mol. The third kappa shape index (κ3) is 0.980. The normalized spacial score (nSPS) is 58.6. The molecule has 3 saturated carbocycles. The molecule has 13 heavy (non-hydrogen) atoms. The Morgan fingerprint density at radius 1 is 1.00 bits per heavy atom. The Kier molecular flexibility index (Phi) is 1.76. The largest absolute Gasteiger partial charge is 0.0651 e. The molecular formula is C13H22. The first-order chi connectivity index (χ1) is 6.31. The number of fused-ring (bicyclic) bond motifs is 5. The van der Waals surface area contributed by atoms with Crippen LogP contribution < -0.4 is 0 Å². The van der Waals surface area contributed by atoms with Gasteiger partial charge in [0.25, 0.3) is 0 Å². The van der Waals surface area contributed by atoms with Gasteiger partial charge < -0.3 is 0 Å². The second-order valence-electron chi connectivity index (χ2n) is 5.87. The predicted molar refractivity (Wildman–Crippen MR) is 55.4 cm³/mol. The van der Waals surface area contributed by atoms with E-state index in [1.165, 1.54) is 12.3 Å². The molecule has 0 heterocycles. The molecule has 0 nitrogen and oxygen atoms in total. The molecule has 0 radical (unpaired) electrons. The maximum atomic E-state index is 2.52. The van der Waals surface area contributed by atoms with Crippen molar-refractivity contribution in [3.8, 4) is 0 Å². The highest BCUT2D eigenvalue weighted by atomic mass is 14.6. The quantitative estimate of drug-likeness (QED) is 0.574. The van der Waals surface area contributed by atoms with E-state index < -0.39 is 0 Å². The standard InChI is InChI=1S/C13H22/c1-3-9-6-8(2)12-10-4-5-11(7-10)13(9)12/h8-13H,3-7H2,1-2H3. The summed E-state index contributed by atoms with van der Waals surface area (Å²) in [4.78, 5) is 0. The Hall–Kier alpha value is 0. The van der Waals surface area contributed by atoms with E-state index >= 15 is 0 Å². The van der Waals surface area contributed by atoms with E-state index in [1.807, 2.05) is 0 Å². The summed E-state index contributed by atoms with van der Waals surface area (Å²) in [7, 11) is 0. The Morgan fingerprint density at radius 3 is 2.38 bits per heavy atom. The first-order valence-corrected chi connectivity index (χ1v) is 6.31. The van der Waals surface area contributed by atoms with Crippen molar-refractivity contribution in [3.63, 3.8) is 0 Å². The second-order valence-corrected chi connectivity index (χ2v) is 5.87. The number of hydrogen-bond donors (Lipinski definition) is 0. The van der Waals surface area contributed by atoms with Gasteiger partial charge in [0, 0.05) is 0 Å². The minimum atomic E-state index is 1.06. The van der Waals surface area contributed by atoms with E-state index in [0.29, 0.717) is 0 Å². The summed E-state index contributed by atoms with van der Waals surface area (Å²) in [5.41, 5.74) is 0. The Labute approximate surface area is 82.1 Å².